The molecule has 1 aromatic carbocycles. The Kier molecular flexibility index (Phi) is 8.23. The number of aliphatic carboxylic acids is 1. The van der Waals surface area contributed by atoms with E-state index in [0.29, 0.717) is 36.6 Å². The maximum Gasteiger partial charge on any atom is 0.409 e. The predicted octanol–water partition coefficient (Wildman–Crippen LogP) is 5.68. The zero-order valence-corrected chi connectivity index (χ0v) is 20.8. The minimum absolute atomic E-state index is 0.0697. The predicted molar refractivity (Wildman–Crippen MR) is 128 cm³/mol. The number of amides is 1. The number of benzene rings is 1. The molecule has 0 unspecified atom stereocenters. The summed E-state index contributed by atoms with van der Waals surface area (Å²) in [6.07, 6.45) is 3.33. The Balaban J connectivity index is 1.60. The van der Waals surface area contributed by atoms with Crippen molar-refractivity contribution < 1.29 is 28.7 Å². The second-order valence-corrected chi connectivity index (χ2v) is 10.3. The molecule has 3 rings (SSSR count). The molecule has 0 radical (unpaired) electrons. The molecule has 1 N–H and O–H groups in total. The lowest BCUT2D eigenvalue weighted by molar-refractivity contribution is -0.143. The van der Waals surface area contributed by atoms with Crippen molar-refractivity contribution in [2.45, 2.75) is 72.5 Å². The zero-order chi connectivity index (χ0) is 24.9. The number of carboxylic acids is 1. The van der Waals surface area contributed by atoms with Crippen molar-refractivity contribution in [3.8, 4) is 17.1 Å². The van der Waals surface area contributed by atoms with E-state index in [4.69, 9.17) is 14.0 Å². The molecule has 1 fully saturated rings. The van der Waals surface area contributed by atoms with Crippen molar-refractivity contribution in [2.24, 2.45) is 11.3 Å². The summed E-state index contributed by atoms with van der Waals surface area (Å²) in [5.41, 5.74) is 2.33. The van der Waals surface area contributed by atoms with E-state index in [1.54, 1.807) is 11.9 Å². The third kappa shape index (κ3) is 6.98. The van der Waals surface area contributed by atoms with E-state index in [2.05, 4.69) is 25.9 Å². The molecular weight excluding hydrogens is 436 g/mol. The third-order valence-corrected chi connectivity index (χ3v) is 6.23. The lowest BCUT2D eigenvalue weighted by atomic mass is 9.87. The second kappa shape index (κ2) is 10.9. The molecule has 186 valence electrons. The van der Waals surface area contributed by atoms with Crippen LogP contribution in [0, 0.1) is 18.3 Å². The first-order valence-corrected chi connectivity index (χ1v) is 11.9. The lowest BCUT2D eigenvalue weighted by Gasteiger charge is -2.27. The van der Waals surface area contributed by atoms with Crippen LogP contribution in [0.15, 0.2) is 28.8 Å². The van der Waals surface area contributed by atoms with Crippen molar-refractivity contribution in [3.63, 3.8) is 0 Å². The third-order valence-electron chi connectivity index (χ3n) is 6.23. The number of aryl methyl sites for hydroxylation is 1. The Hall–Kier alpha value is -3.03. The molecule has 8 heteroatoms. The van der Waals surface area contributed by atoms with Gasteiger partial charge in [0.05, 0.1) is 23.3 Å². The quantitative estimate of drug-likeness (QED) is 0.527. The molecule has 0 spiro atoms. The summed E-state index contributed by atoms with van der Waals surface area (Å²) in [4.78, 5) is 25.3. The number of nitrogens with zero attached hydrogens (tertiary/aromatic N) is 2. The summed E-state index contributed by atoms with van der Waals surface area (Å²) in [5, 5.41) is 13.3. The van der Waals surface area contributed by atoms with Crippen LogP contribution in [0.5, 0.6) is 5.75 Å². The number of ether oxygens (including phenoxy) is 2. The van der Waals surface area contributed by atoms with E-state index >= 15 is 0 Å². The number of hydrogen-bond donors (Lipinski definition) is 1. The molecule has 1 heterocycles. The van der Waals surface area contributed by atoms with E-state index < -0.39 is 5.97 Å². The van der Waals surface area contributed by atoms with Gasteiger partial charge in [0.15, 0.2) is 5.76 Å². The average Bonchev–Trinajstić information content (AvgIpc) is 3.16. The van der Waals surface area contributed by atoms with Gasteiger partial charge in [-0.3, -0.25) is 4.79 Å². The normalized spacial score (nSPS) is 18.4. The molecule has 1 aliphatic rings. The van der Waals surface area contributed by atoms with Crippen LogP contribution in [0.3, 0.4) is 0 Å². The smallest absolute Gasteiger partial charge is 0.409 e. The van der Waals surface area contributed by atoms with E-state index in [1.165, 1.54) is 0 Å². The first kappa shape index (κ1) is 25.6. The summed E-state index contributed by atoms with van der Waals surface area (Å²) in [6, 6.07) is 7.42. The molecular formula is C26H36N2O6. The van der Waals surface area contributed by atoms with Gasteiger partial charge in [-0.1, -0.05) is 25.9 Å². The first-order valence-electron chi connectivity index (χ1n) is 11.9. The highest BCUT2D eigenvalue weighted by Gasteiger charge is 2.28. The van der Waals surface area contributed by atoms with Crippen molar-refractivity contribution in [1.29, 1.82) is 0 Å². The standard InChI is InChI=1S/C26H36N2O6/c1-17-22(16-32-25(31)28(5)14-13-26(2,3)4)23(34-27-17)18-9-11-20(12-10-18)33-21-8-6-7-19(15-21)24(29)30/h9-12,19,21H,6-8,13-16H2,1-5H3,(H,29,30)/t19-,21-/m0/s1. The fourth-order valence-corrected chi connectivity index (χ4v) is 3.98. The van der Waals surface area contributed by atoms with Gasteiger partial charge in [0, 0.05) is 19.2 Å². The average molecular weight is 473 g/mol. The van der Waals surface area contributed by atoms with Gasteiger partial charge in [-0.15, -0.1) is 0 Å². The highest BCUT2D eigenvalue weighted by molar-refractivity contribution is 5.70. The molecule has 2 aromatic rings. The van der Waals surface area contributed by atoms with Crippen LogP contribution < -0.4 is 4.74 Å². The molecule has 1 amide bonds. The number of carbonyl (C=O) groups excluding carboxylic acids is 1. The Labute approximate surface area is 201 Å². The van der Waals surface area contributed by atoms with Gasteiger partial charge >= 0.3 is 12.1 Å². The number of carbonyl (C=O) groups is 2. The molecule has 34 heavy (non-hydrogen) atoms. The minimum Gasteiger partial charge on any atom is -0.490 e. The molecule has 2 atom stereocenters. The fourth-order valence-electron chi connectivity index (χ4n) is 3.98. The van der Waals surface area contributed by atoms with Crippen molar-refractivity contribution in [2.75, 3.05) is 13.6 Å². The van der Waals surface area contributed by atoms with Gasteiger partial charge in [-0.2, -0.15) is 0 Å². The van der Waals surface area contributed by atoms with Gasteiger partial charge in [-0.05, 0) is 68.7 Å². The van der Waals surface area contributed by atoms with Gasteiger partial charge < -0.3 is 24.0 Å². The lowest BCUT2D eigenvalue weighted by Crippen LogP contribution is -2.30. The number of hydrogen-bond acceptors (Lipinski definition) is 6. The van der Waals surface area contributed by atoms with Crippen molar-refractivity contribution >= 4 is 12.1 Å². The van der Waals surface area contributed by atoms with Crippen LogP contribution in [-0.2, 0) is 16.1 Å². The summed E-state index contributed by atoms with van der Waals surface area (Å²) < 4.78 is 17.1. The largest absolute Gasteiger partial charge is 0.490 e. The summed E-state index contributed by atoms with van der Waals surface area (Å²) >= 11 is 0. The van der Waals surface area contributed by atoms with Gasteiger partial charge in [-0.25, -0.2) is 4.79 Å². The molecule has 0 bridgehead atoms. The van der Waals surface area contributed by atoms with Gasteiger partial charge in [0.2, 0.25) is 0 Å². The van der Waals surface area contributed by atoms with Crippen LogP contribution in [0.4, 0.5) is 4.79 Å². The Morgan fingerprint density at radius 2 is 1.91 bits per heavy atom. The molecule has 1 aromatic heterocycles. The molecule has 1 saturated carbocycles. The summed E-state index contributed by atoms with van der Waals surface area (Å²) in [7, 11) is 1.74. The minimum atomic E-state index is -0.752. The molecule has 8 nitrogen and oxygen atoms in total. The number of rotatable bonds is 8. The number of aromatic nitrogens is 1. The van der Waals surface area contributed by atoms with Crippen LogP contribution >= 0.6 is 0 Å². The molecule has 0 saturated heterocycles. The highest BCUT2D eigenvalue weighted by atomic mass is 16.6. The molecule has 1 aliphatic carbocycles. The topological polar surface area (TPSA) is 102 Å². The van der Waals surface area contributed by atoms with E-state index in [0.717, 1.165) is 30.4 Å². The van der Waals surface area contributed by atoms with Crippen molar-refractivity contribution in [3.05, 3.63) is 35.5 Å². The van der Waals surface area contributed by atoms with Gasteiger partial charge in [0.25, 0.3) is 0 Å². The van der Waals surface area contributed by atoms with E-state index in [1.807, 2.05) is 31.2 Å². The SMILES string of the molecule is Cc1noc(-c2ccc(O[C@H]3CCC[C@H](C(=O)O)C3)cc2)c1COC(=O)N(C)CCC(C)(C)C. The Morgan fingerprint density at radius 3 is 2.56 bits per heavy atom. The fraction of sp³-hybridized carbons (Fsp3) is 0.577. The van der Waals surface area contributed by atoms with Crippen LogP contribution in [-0.4, -0.2) is 46.9 Å². The van der Waals surface area contributed by atoms with Crippen molar-refractivity contribution in [1.82, 2.24) is 10.1 Å². The second-order valence-electron chi connectivity index (χ2n) is 10.3. The number of carboxylic acid groups (broad SMARTS) is 1. The van der Waals surface area contributed by atoms with E-state index in [-0.39, 0.29) is 30.1 Å². The highest BCUT2D eigenvalue weighted by Crippen LogP contribution is 2.31. The van der Waals surface area contributed by atoms with E-state index in [9.17, 15) is 14.7 Å². The maximum absolute atomic E-state index is 12.4. The van der Waals surface area contributed by atoms with Crippen LogP contribution in [0.25, 0.3) is 11.3 Å². The maximum atomic E-state index is 12.4. The Morgan fingerprint density at radius 1 is 1.21 bits per heavy atom. The van der Waals surface area contributed by atoms with Crippen LogP contribution in [0.2, 0.25) is 0 Å². The Bertz CT molecular complexity index is 976. The monoisotopic (exact) mass is 472 g/mol. The van der Waals surface area contributed by atoms with Gasteiger partial charge in [0.1, 0.15) is 12.4 Å². The van der Waals surface area contributed by atoms with Crippen LogP contribution in [0.1, 0.15) is 64.1 Å². The first-order chi connectivity index (χ1) is 16.0. The zero-order valence-electron chi connectivity index (χ0n) is 20.8. The molecule has 0 aliphatic heterocycles. The summed E-state index contributed by atoms with van der Waals surface area (Å²) in [6.45, 7) is 8.91. The summed E-state index contributed by atoms with van der Waals surface area (Å²) in [5.74, 6) is 0.146.